The van der Waals surface area contributed by atoms with Crippen molar-refractivity contribution in [1.29, 1.82) is 0 Å². The molecule has 2 unspecified atom stereocenters. The molecule has 2 N–H and O–H groups in total. The second kappa shape index (κ2) is 5.23. The first-order chi connectivity index (χ1) is 6.24. The number of nitrogens with two attached hydrogens (primary N) is 1. The molecule has 3 heteroatoms. The molecule has 2 atom stereocenters. The van der Waals surface area contributed by atoms with Crippen molar-refractivity contribution < 1.29 is 4.74 Å². The Kier molecular flexibility index (Phi) is 4.23. The lowest BCUT2D eigenvalue weighted by Crippen LogP contribution is -2.49. The largest absolute Gasteiger partial charge is 0.374 e. The molecule has 0 spiro atoms. The van der Waals surface area contributed by atoms with Crippen LogP contribution in [-0.4, -0.2) is 43.3 Å². The molecule has 0 aromatic rings. The highest BCUT2D eigenvalue weighted by Gasteiger charge is 2.22. The van der Waals surface area contributed by atoms with Gasteiger partial charge in [0, 0.05) is 19.1 Å². The average molecular weight is 182 g/mol. The van der Waals surface area contributed by atoms with Gasteiger partial charge in [-0.2, -0.15) is 0 Å². The van der Waals surface area contributed by atoms with E-state index in [0.717, 1.165) is 26.2 Å². The lowest BCUT2D eigenvalue weighted by molar-refractivity contribution is -0.0333. The first-order valence-corrected chi connectivity index (χ1v) is 4.73. The quantitative estimate of drug-likeness (QED) is 0.614. The normalized spacial score (nSPS) is 26.2. The molecular weight excluding hydrogens is 164 g/mol. The second-order valence-electron chi connectivity index (χ2n) is 3.43. The minimum Gasteiger partial charge on any atom is -0.374 e. The summed E-state index contributed by atoms with van der Waals surface area (Å²) in [7, 11) is 0. The Balaban J connectivity index is 2.35. The summed E-state index contributed by atoms with van der Waals surface area (Å²) in [5, 5.41) is 0. The molecule has 0 aliphatic carbocycles. The van der Waals surface area contributed by atoms with Gasteiger partial charge in [0.2, 0.25) is 0 Å². The summed E-state index contributed by atoms with van der Waals surface area (Å²) in [4.78, 5) is 2.29. The van der Waals surface area contributed by atoms with Gasteiger partial charge in [0.1, 0.15) is 0 Å². The van der Waals surface area contributed by atoms with Gasteiger partial charge < -0.3 is 10.5 Å². The Morgan fingerprint density at radius 1 is 1.69 bits per heavy atom. The van der Waals surface area contributed by atoms with Crippen molar-refractivity contribution in [3.8, 4) is 11.8 Å². The molecule has 3 nitrogen and oxygen atoms in total. The zero-order valence-electron chi connectivity index (χ0n) is 8.42. The van der Waals surface area contributed by atoms with Gasteiger partial charge >= 0.3 is 0 Å². The van der Waals surface area contributed by atoms with Gasteiger partial charge in [-0.15, -0.1) is 5.92 Å². The highest BCUT2D eigenvalue weighted by molar-refractivity contribution is 4.98. The Morgan fingerprint density at radius 2 is 2.46 bits per heavy atom. The van der Waals surface area contributed by atoms with E-state index in [0.29, 0.717) is 0 Å². The van der Waals surface area contributed by atoms with E-state index in [2.05, 4.69) is 16.7 Å². The number of nitrogens with zero attached hydrogens (tertiary/aromatic N) is 1. The molecule has 1 heterocycles. The minimum absolute atomic E-state index is 0.109. The summed E-state index contributed by atoms with van der Waals surface area (Å²) in [5.41, 5.74) is 5.77. The Bertz CT molecular complexity index is 205. The Morgan fingerprint density at radius 3 is 3.08 bits per heavy atom. The number of ether oxygens (including phenoxy) is 1. The molecule has 0 saturated carbocycles. The topological polar surface area (TPSA) is 38.5 Å². The van der Waals surface area contributed by atoms with Crippen molar-refractivity contribution in [2.75, 3.05) is 26.2 Å². The third-order valence-electron chi connectivity index (χ3n) is 2.24. The lowest BCUT2D eigenvalue weighted by atomic mass is 10.1. The fourth-order valence-electron chi connectivity index (χ4n) is 1.38. The Hall–Kier alpha value is -0.560. The van der Waals surface area contributed by atoms with Crippen molar-refractivity contribution in [3.05, 3.63) is 0 Å². The molecule has 0 aromatic carbocycles. The first-order valence-electron chi connectivity index (χ1n) is 4.73. The molecular formula is C10H18N2O. The maximum atomic E-state index is 5.77. The van der Waals surface area contributed by atoms with E-state index in [-0.39, 0.29) is 12.1 Å². The maximum absolute atomic E-state index is 5.77. The zero-order chi connectivity index (χ0) is 9.68. The molecule has 0 aromatic heterocycles. The number of rotatable bonds is 2. The summed E-state index contributed by atoms with van der Waals surface area (Å²) >= 11 is 0. The van der Waals surface area contributed by atoms with Crippen LogP contribution in [0.3, 0.4) is 0 Å². The molecule has 0 bridgehead atoms. The highest BCUT2D eigenvalue weighted by atomic mass is 16.5. The van der Waals surface area contributed by atoms with E-state index < -0.39 is 0 Å². The fourth-order valence-corrected chi connectivity index (χ4v) is 1.38. The average Bonchev–Trinajstić information content (AvgIpc) is 2.15. The third kappa shape index (κ3) is 3.35. The summed E-state index contributed by atoms with van der Waals surface area (Å²) in [6, 6.07) is 0.109. The van der Waals surface area contributed by atoms with Crippen molar-refractivity contribution in [3.63, 3.8) is 0 Å². The van der Waals surface area contributed by atoms with Crippen LogP contribution in [0.15, 0.2) is 0 Å². The van der Waals surface area contributed by atoms with Gasteiger partial charge in [-0.05, 0) is 13.8 Å². The number of hydrogen-bond acceptors (Lipinski definition) is 3. The number of hydrogen-bond donors (Lipinski definition) is 1. The van der Waals surface area contributed by atoms with E-state index in [1.807, 2.05) is 13.8 Å². The molecule has 0 amide bonds. The van der Waals surface area contributed by atoms with E-state index in [4.69, 9.17) is 10.5 Å². The Labute approximate surface area is 80.2 Å². The SMILES string of the molecule is CC#CCN1CCOC(C(C)N)C1. The molecule has 1 aliphatic heterocycles. The highest BCUT2D eigenvalue weighted by Crippen LogP contribution is 2.06. The van der Waals surface area contributed by atoms with Crippen molar-refractivity contribution in [1.82, 2.24) is 4.90 Å². The van der Waals surface area contributed by atoms with E-state index >= 15 is 0 Å². The molecule has 1 fully saturated rings. The molecule has 1 saturated heterocycles. The molecule has 74 valence electrons. The standard InChI is InChI=1S/C10H18N2O/c1-3-4-5-12-6-7-13-10(8-12)9(2)11/h9-10H,5-8,11H2,1-2H3. The van der Waals surface area contributed by atoms with Crippen LogP contribution in [0.25, 0.3) is 0 Å². The lowest BCUT2D eigenvalue weighted by Gasteiger charge is -2.33. The van der Waals surface area contributed by atoms with E-state index in [1.54, 1.807) is 0 Å². The third-order valence-corrected chi connectivity index (χ3v) is 2.24. The monoisotopic (exact) mass is 182 g/mol. The van der Waals surface area contributed by atoms with Crippen LogP contribution < -0.4 is 5.73 Å². The summed E-state index contributed by atoms with van der Waals surface area (Å²) in [6.45, 7) is 7.34. The van der Waals surface area contributed by atoms with Gasteiger partial charge in [-0.25, -0.2) is 0 Å². The van der Waals surface area contributed by atoms with Crippen molar-refractivity contribution in [2.24, 2.45) is 5.73 Å². The van der Waals surface area contributed by atoms with Crippen LogP contribution in [0.4, 0.5) is 0 Å². The zero-order valence-corrected chi connectivity index (χ0v) is 8.42. The van der Waals surface area contributed by atoms with E-state index in [1.165, 1.54) is 0 Å². The van der Waals surface area contributed by atoms with Gasteiger partial charge in [0.15, 0.2) is 0 Å². The first kappa shape index (κ1) is 10.5. The van der Waals surface area contributed by atoms with Crippen LogP contribution >= 0.6 is 0 Å². The van der Waals surface area contributed by atoms with Gasteiger partial charge in [0.05, 0.1) is 19.3 Å². The van der Waals surface area contributed by atoms with E-state index in [9.17, 15) is 0 Å². The summed E-state index contributed by atoms with van der Waals surface area (Å²) in [5.74, 6) is 5.95. The predicted molar refractivity (Wildman–Crippen MR) is 53.3 cm³/mol. The van der Waals surface area contributed by atoms with Crippen molar-refractivity contribution in [2.45, 2.75) is 26.0 Å². The van der Waals surface area contributed by atoms with Crippen LogP contribution in [-0.2, 0) is 4.74 Å². The summed E-state index contributed by atoms with van der Waals surface area (Å²) in [6.07, 6.45) is 0.174. The number of morpholine rings is 1. The van der Waals surface area contributed by atoms with Gasteiger partial charge in [-0.3, -0.25) is 4.90 Å². The van der Waals surface area contributed by atoms with Crippen LogP contribution in [0.5, 0.6) is 0 Å². The van der Waals surface area contributed by atoms with Gasteiger partial charge in [0.25, 0.3) is 0 Å². The fraction of sp³-hybridized carbons (Fsp3) is 0.800. The second-order valence-corrected chi connectivity index (χ2v) is 3.43. The van der Waals surface area contributed by atoms with Crippen LogP contribution in [0, 0.1) is 11.8 Å². The van der Waals surface area contributed by atoms with Gasteiger partial charge in [-0.1, -0.05) is 5.92 Å². The van der Waals surface area contributed by atoms with Crippen LogP contribution in [0.1, 0.15) is 13.8 Å². The minimum atomic E-state index is 0.109. The molecule has 13 heavy (non-hydrogen) atoms. The molecule has 1 aliphatic rings. The molecule has 1 rings (SSSR count). The maximum Gasteiger partial charge on any atom is 0.0850 e. The molecule has 0 radical (unpaired) electrons. The summed E-state index contributed by atoms with van der Waals surface area (Å²) < 4.78 is 5.53. The van der Waals surface area contributed by atoms with Crippen LogP contribution in [0.2, 0.25) is 0 Å². The smallest absolute Gasteiger partial charge is 0.0850 e. The predicted octanol–water partition coefficient (Wildman–Crippen LogP) is 0.0577. The van der Waals surface area contributed by atoms with Crippen molar-refractivity contribution >= 4 is 0 Å².